The van der Waals surface area contributed by atoms with Crippen molar-refractivity contribution in [2.45, 2.75) is 25.2 Å². The lowest BCUT2D eigenvalue weighted by atomic mass is 10.2. The Hall–Kier alpha value is -2.24. The van der Waals surface area contributed by atoms with Gasteiger partial charge in [-0.25, -0.2) is 4.98 Å². The number of piperazine rings is 1. The topological polar surface area (TPSA) is 65.5 Å². The van der Waals surface area contributed by atoms with E-state index in [1.165, 1.54) is 4.90 Å². The van der Waals surface area contributed by atoms with E-state index in [0.29, 0.717) is 6.20 Å². The van der Waals surface area contributed by atoms with Crippen LogP contribution in [0, 0.1) is 0 Å². The van der Waals surface area contributed by atoms with Gasteiger partial charge in [-0.15, -0.1) is 0 Å². The van der Waals surface area contributed by atoms with Crippen LogP contribution in [0.4, 0.5) is 32.2 Å². The number of hydrogen-bond donors (Lipinski definition) is 1. The Kier molecular flexibility index (Phi) is 7.20. The molecule has 13 heteroatoms. The van der Waals surface area contributed by atoms with Crippen molar-refractivity contribution in [2.75, 3.05) is 38.0 Å². The standard InChI is InChI=1S/C16H17ClF6N4O2/c17-11-7-10(16(21,22)23)9-25-14(11)24-2-1-12(28)26-3-5-27(6-4-26)13(29)8-15(18,19)20/h7,9H,1-6,8H2,(H,24,25). The lowest BCUT2D eigenvalue weighted by molar-refractivity contribution is -0.163. The molecule has 1 fully saturated rings. The average molecular weight is 447 g/mol. The molecule has 0 atom stereocenters. The fourth-order valence-corrected chi connectivity index (χ4v) is 2.89. The molecular formula is C16H17ClF6N4O2. The number of carbonyl (C=O) groups is 2. The Morgan fingerprint density at radius 3 is 2.07 bits per heavy atom. The molecule has 29 heavy (non-hydrogen) atoms. The van der Waals surface area contributed by atoms with Gasteiger partial charge in [0.15, 0.2) is 0 Å². The zero-order chi connectivity index (χ0) is 21.8. The van der Waals surface area contributed by atoms with Crippen molar-refractivity contribution >= 4 is 29.2 Å². The summed E-state index contributed by atoms with van der Waals surface area (Å²) in [5.41, 5.74) is -0.998. The third kappa shape index (κ3) is 6.94. The lowest BCUT2D eigenvalue weighted by Gasteiger charge is -2.35. The highest BCUT2D eigenvalue weighted by molar-refractivity contribution is 6.32. The van der Waals surface area contributed by atoms with Gasteiger partial charge in [-0.05, 0) is 6.07 Å². The van der Waals surface area contributed by atoms with E-state index in [-0.39, 0.29) is 55.9 Å². The molecule has 0 bridgehead atoms. The zero-order valence-corrected chi connectivity index (χ0v) is 15.7. The third-order valence-corrected chi connectivity index (χ3v) is 4.42. The summed E-state index contributed by atoms with van der Waals surface area (Å²) in [5, 5.41) is 2.42. The van der Waals surface area contributed by atoms with Crippen molar-refractivity contribution in [1.29, 1.82) is 0 Å². The summed E-state index contributed by atoms with van der Waals surface area (Å²) in [6, 6.07) is 0.718. The second-order valence-corrected chi connectivity index (χ2v) is 6.69. The number of carbonyl (C=O) groups excluding carboxylic acids is 2. The average Bonchev–Trinajstić information content (AvgIpc) is 2.60. The molecule has 1 aromatic heterocycles. The lowest BCUT2D eigenvalue weighted by Crippen LogP contribution is -2.51. The predicted octanol–water partition coefficient (Wildman–Crippen LogP) is 3.18. The smallest absolute Gasteiger partial charge is 0.368 e. The molecule has 0 saturated carbocycles. The Morgan fingerprint density at radius 1 is 1.03 bits per heavy atom. The molecule has 0 aromatic carbocycles. The third-order valence-electron chi connectivity index (χ3n) is 4.14. The highest BCUT2D eigenvalue weighted by Crippen LogP contribution is 2.32. The maximum atomic E-state index is 12.6. The Morgan fingerprint density at radius 2 is 1.59 bits per heavy atom. The maximum absolute atomic E-state index is 12.6. The normalized spacial score (nSPS) is 15.4. The van der Waals surface area contributed by atoms with Crippen molar-refractivity contribution in [2.24, 2.45) is 0 Å². The predicted molar refractivity (Wildman–Crippen MR) is 91.2 cm³/mol. The van der Waals surface area contributed by atoms with E-state index in [4.69, 9.17) is 11.6 Å². The second kappa shape index (κ2) is 9.06. The monoisotopic (exact) mass is 446 g/mol. The number of aromatic nitrogens is 1. The number of nitrogens with one attached hydrogen (secondary N) is 1. The number of hydrogen-bond acceptors (Lipinski definition) is 4. The molecule has 1 N–H and O–H groups in total. The summed E-state index contributed by atoms with van der Waals surface area (Å²) in [5.74, 6) is -1.35. The van der Waals surface area contributed by atoms with Crippen LogP contribution in [0.25, 0.3) is 0 Å². The van der Waals surface area contributed by atoms with Crippen LogP contribution in [0.5, 0.6) is 0 Å². The van der Waals surface area contributed by atoms with Crippen LogP contribution in [-0.2, 0) is 15.8 Å². The number of rotatable bonds is 5. The number of anilines is 1. The van der Waals surface area contributed by atoms with E-state index in [1.54, 1.807) is 0 Å². The summed E-state index contributed by atoms with van der Waals surface area (Å²) in [7, 11) is 0. The molecule has 2 heterocycles. The molecule has 1 saturated heterocycles. The zero-order valence-electron chi connectivity index (χ0n) is 14.9. The van der Waals surface area contributed by atoms with Gasteiger partial charge in [0, 0.05) is 45.3 Å². The Labute approximate surface area is 166 Å². The fourth-order valence-electron chi connectivity index (χ4n) is 2.66. The van der Waals surface area contributed by atoms with Crippen molar-refractivity contribution in [3.63, 3.8) is 0 Å². The molecule has 6 nitrogen and oxygen atoms in total. The van der Waals surface area contributed by atoms with Crippen LogP contribution < -0.4 is 5.32 Å². The summed E-state index contributed by atoms with van der Waals surface area (Å²) in [6.45, 7) is 0.244. The molecule has 162 valence electrons. The molecular weight excluding hydrogens is 430 g/mol. The SMILES string of the molecule is O=C(CCNc1ncc(C(F)(F)F)cc1Cl)N1CCN(C(=O)CC(F)(F)F)CC1. The Bertz CT molecular complexity index is 748. The van der Waals surface area contributed by atoms with Crippen molar-refractivity contribution in [1.82, 2.24) is 14.8 Å². The van der Waals surface area contributed by atoms with E-state index in [1.807, 2.05) is 0 Å². The number of amides is 2. The molecule has 0 spiro atoms. The van der Waals surface area contributed by atoms with Crippen molar-refractivity contribution in [3.8, 4) is 0 Å². The fraction of sp³-hybridized carbons (Fsp3) is 0.562. The molecule has 2 rings (SSSR count). The van der Waals surface area contributed by atoms with Crippen LogP contribution in [0.1, 0.15) is 18.4 Å². The molecule has 0 unspecified atom stereocenters. The van der Waals surface area contributed by atoms with E-state index in [2.05, 4.69) is 10.3 Å². The van der Waals surface area contributed by atoms with Gasteiger partial charge in [0.25, 0.3) is 0 Å². The quantitative estimate of drug-likeness (QED) is 0.706. The summed E-state index contributed by atoms with van der Waals surface area (Å²) >= 11 is 5.75. The first-order chi connectivity index (χ1) is 13.4. The number of nitrogens with zero attached hydrogens (tertiary/aromatic N) is 3. The van der Waals surface area contributed by atoms with Crippen LogP contribution in [-0.4, -0.2) is 65.5 Å². The largest absolute Gasteiger partial charge is 0.417 e. The van der Waals surface area contributed by atoms with Gasteiger partial charge in [0.1, 0.15) is 12.2 Å². The second-order valence-electron chi connectivity index (χ2n) is 6.28. The van der Waals surface area contributed by atoms with Gasteiger partial charge >= 0.3 is 12.4 Å². The molecule has 0 radical (unpaired) electrons. The molecule has 2 amide bonds. The highest BCUT2D eigenvalue weighted by atomic mass is 35.5. The number of pyridine rings is 1. The first-order valence-electron chi connectivity index (χ1n) is 8.46. The summed E-state index contributed by atoms with van der Waals surface area (Å²) in [6.07, 6.45) is -10.1. The van der Waals surface area contributed by atoms with Gasteiger partial charge in [0.2, 0.25) is 11.8 Å². The number of alkyl halides is 6. The van der Waals surface area contributed by atoms with Gasteiger partial charge in [-0.3, -0.25) is 9.59 Å². The van der Waals surface area contributed by atoms with E-state index in [9.17, 15) is 35.9 Å². The van der Waals surface area contributed by atoms with Crippen LogP contribution >= 0.6 is 11.6 Å². The minimum absolute atomic E-state index is 0.000367. The Balaban J connectivity index is 1.77. The number of halogens is 7. The van der Waals surface area contributed by atoms with E-state index < -0.39 is 30.2 Å². The first kappa shape index (κ1) is 23.0. The van der Waals surface area contributed by atoms with E-state index >= 15 is 0 Å². The molecule has 0 aliphatic carbocycles. The first-order valence-corrected chi connectivity index (χ1v) is 8.83. The minimum atomic E-state index is -4.58. The highest BCUT2D eigenvalue weighted by Gasteiger charge is 2.35. The van der Waals surface area contributed by atoms with Crippen LogP contribution in [0.15, 0.2) is 12.3 Å². The minimum Gasteiger partial charge on any atom is -0.368 e. The van der Waals surface area contributed by atoms with Crippen molar-refractivity contribution < 1.29 is 35.9 Å². The van der Waals surface area contributed by atoms with Crippen molar-refractivity contribution in [3.05, 3.63) is 22.8 Å². The van der Waals surface area contributed by atoms with Crippen LogP contribution in [0.3, 0.4) is 0 Å². The summed E-state index contributed by atoms with van der Waals surface area (Å²) in [4.78, 5) is 29.8. The molecule has 1 aliphatic heterocycles. The van der Waals surface area contributed by atoms with Gasteiger partial charge < -0.3 is 15.1 Å². The van der Waals surface area contributed by atoms with E-state index in [0.717, 1.165) is 11.0 Å². The van der Waals surface area contributed by atoms with Gasteiger partial charge in [-0.2, -0.15) is 26.3 Å². The van der Waals surface area contributed by atoms with Gasteiger partial charge in [0.05, 0.1) is 10.6 Å². The molecule has 1 aromatic rings. The van der Waals surface area contributed by atoms with Gasteiger partial charge in [-0.1, -0.05) is 11.6 Å². The maximum Gasteiger partial charge on any atom is 0.417 e. The summed E-state index contributed by atoms with van der Waals surface area (Å²) < 4.78 is 74.5. The van der Waals surface area contributed by atoms with Crippen LogP contribution in [0.2, 0.25) is 5.02 Å². The molecule has 1 aliphatic rings.